The molecule has 0 radical (unpaired) electrons. The van der Waals surface area contributed by atoms with Crippen LogP contribution in [0.15, 0.2) is 24.3 Å². The first kappa shape index (κ1) is 9.30. The molecule has 1 heteroatoms. The minimum atomic E-state index is 0.469. The van der Waals surface area contributed by atoms with Crippen molar-refractivity contribution in [2.24, 2.45) is 0 Å². The van der Waals surface area contributed by atoms with Gasteiger partial charge in [-0.2, -0.15) is 0 Å². The van der Waals surface area contributed by atoms with Gasteiger partial charge in [0, 0.05) is 12.6 Å². The third-order valence-corrected chi connectivity index (χ3v) is 3.02. The monoisotopic (exact) mass is 185 g/mol. The second-order valence-electron chi connectivity index (χ2n) is 3.80. The quantitative estimate of drug-likeness (QED) is 0.606. The highest BCUT2D eigenvalue weighted by atomic mass is 15.1. The van der Waals surface area contributed by atoms with Gasteiger partial charge in [0.05, 0.1) is 6.54 Å². The second-order valence-corrected chi connectivity index (χ2v) is 3.80. The van der Waals surface area contributed by atoms with Crippen LogP contribution in [0.25, 0.3) is 0 Å². The Morgan fingerprint density at radius 2 is 2.29 bits per heavy atom. The Bertz CT molecular complexity index is 362. The Hall–Kier alpha value is -1.26. The lowest BCUT2D eigenvalue weighted by molar-refractivity contribution is 0.225. The first-order valence-corrected chi connectivity index (χ1v) is 5.08. The molecule has 1 aliphatic heterocycles. The molecule has 1 heterocycles. The van der Waals surface area contributed by atoms with E-state index in [4.69, 9.17) is 6.42 Å². The maximum atomic E-state index is 5.35. The van der Waals surface area contributed by atoms with E-state index in [-0.39, 0.29) is 0 Å². The van der Waals surface area contributed by atoms with Gasteiger partial charge >= 0.3 is 0 Å². The summed E-state index contributed by atoms with van der Waals surface area (Å²) in [5.41, 5.74) is 2.92. The number of nitrogens with zero attached hydrogens (tertiary/aromatic N) is 1. The molecule has 0 saturated carbocycles. The third kappa shape index (κ3) is 1.54. The van der Waals surface area contributed by atoms with Crippen LogP contribution in [-0.4, -0.2) is 18.0 Å². The lowest BCUT2D eigenvalue weighted by atomic mass is 9.94. The van der Waals surface area contributed by atoms with Crippen molar-refractivity contribution in [2.45, 2.75) is 19.4 Å². The van der Waals surface area contributed by atoms with Gasteiger partial charge in [0.2, 0.25) is 0 Å². The van der Waals surface area contributed by atoms with Gasteiger partial charge in [-0.25, -0.2) is 0 Å². The zero-order valence-electron chi connectivity index (χ0n) is 8.53. The fourth-order valence-corrected chi connectivity index (χ4v) is 2.16. The van der Waals surface area contributed by atoms with Crippen LogP contribution in [-0.2, 0) is 6.42 Å². The molecule has 0 aliphatic carbocycles. The van der Waals surface area contributed by atoms with Crippen molar-refractivity contribution in [1.29, 1.82) is 0 Å². The lowest BCUT2D eigenvalue weighted by Crippen LogP contribution is -2.34. The van der Waals surface area contributed by atoms with Crippen LogP contribution in [0.2, 0.25) is 0 Å². The van der Waals surface area contributed by atoms with Crippen molar-refractivity contribution in [1.82, 2.24) is 4.90 Å². The maximum Gasteiger partial charge on any atom is 0.0604 e. The van der Waals surface area contributed by atoms with Crippen molar-refractivity contribution >= 4 is 0 Å². The van der Waals surface area contributed by atoms with Crippen molar-refractivity contribution in [3.63, 3.8) is 0 Å². The van der Waals surface area contributed by atoms with Crippen molar-refractivity contribution in [3.05, 3.63) is 35.4 Å². The Kier molecular flexibility index (Phi) is 2.56. The summed E-state index contributed by atoms with van der Waals surface area (Å²) in [6.07, 6.45) is 6.48. The molecule has 0 fully saturated rings. The van der Waals surface area contributed by atoms with Crippen LogP contribution in [0.3, 0.4) is 0 Å². The molecule has 1 aliphatic rings. The summed E-state index contributed by atoms with van der Waals surface area (Å²) in [5.74, 6) is 2.72. The van der Waals surface area contributed by atoms with Crippen LogP contribution >= 0.6 is 0 Å². The molecule has 0 N–H and O–H groups in total. The summed E-state index contributed by atoms with van der Waals surface area (Å²) in [6.45, 7) is 4.08. The summed E-state index contributed by atoms with van der Waals surface area (Å²) in [7, 11) is 0. The molecule has 1 nitrogen and oxygen atoms in total. The van der Waals surface area contributed by atoms with E-state index < -0.39 is 0 Å². The van der Waals surface area contributed by atoms with E-state index in [1.807, 2.05) is 0 Å². The van der Waals surface area contributed by atoms with E-state index in [9.17, 15) is 0 Å². The minimum Gasteiger partial charge on any atom is -0.285 e. The van der Waals surface area contributed by atoms with E-state index in [1.54, 1.807) is 0 Å². The molecule has 1 aromatic carbocycles. The summed E-state index contributed by atoms with van der Waals surface area (Å²) in [5, 5.41) is 0. The Balaban J connectivity index is 2.28. The number of rotatable bonds is 1. The van der Waals surface area contributed by atoms with Gasteiger partial charge in [0.15, 0.2) is 0 Å². The van der Waals surface area contributed by atoms with Gasteiger partial charge < -0.3 is 0 Å². The molecule has 1 unspecified atom stereocenters. The van der Waals surface area contributed by atoms with Gasteiger partial charge in [0.25, 0.3) is 0 Å². The molecule has 72 valence electrons. The largest absolute Gasteiger partial charge is 0.285 e. The van der Waals surface area contributed by atoms with Crippen LogP contribution in [0.4, 0.5) is 0 Å². The maximum absolute atomic E-state index is 5.35. The fourth-order valence-electron chi connectivity index (χ4n) is 2.16. The molecule has 2 rings (SSSR count). The first-order valence-electron chi connectivity index (χ1n) is 5.08. The Morgan fingerprint density at radius 3 is 3.07 bits per heavy atom. The summed E-state index contributed by atoms with van der Waals surface area (Å²) < 4.78 is 0. The molecule has 1 aromatic rings. The molecule has 0 saturated heterocycles. The first-order chi connectivity index (χ1) is 6.83. The van der Waals surface area contributed by atoms with Gasteiger partial charge in [-0.15, -0.1) is 6.42 Å². The Morgan fingerprint density at radius 1 is 1.50 bits per heavy atom. The summed E-state index contributed by atoms with van der Waals surface area (Å²) in [4.78, 5) is 2.35. The summed E-state index contributed by atoms with van der Waals surface area (Å²) in [6, 6.07) is 9.12. The molecule has 0 amide bonds. The van der Waals surface area contributed by atoms with Crippen LogP contribution in [0.1, 0.15) is 24.1 Å². The van der Waals surface area contributed by atoms with Crippen molar-refractivity contribution in [3.8, 4) is 12.3 Å². The van der Waals surface area contributed by atoms with E-state index in [1.165, 1.54) is 11.1 Å². The number of terminal acetylenes is 1. The summed E-state index contributed by atoms with van der Waals surface area (Å²) >= 11 is 0. The average molecular weight is 185 g/mol. The van der Waals surface area contributed by atoms with Crippen LogP contribution in [0.5, 0.6) is 0 Å². The highest BCUT2D eigenvalue weighted by molar-refractivity contribution is 5.32. The molecule has 0 spiro atoms. The van der Waals surface area contributed by atoms with Gasteiger partial charge in [0.1, 0.15) is 0 Å². The Labute approximate surface area is 85.7 Å². The van der Waals surface area contributed by atoms with Crippen molar-refractivity contribution < 1.29 is 0 Å². The van der Waals surface area contributed by atoms with Gasteiger partial charge in [-0.05, 0) is 24.5 Å². The number of benzene rings is 1. The highest BCUT2D eigenvalue weighted by Gasteiger charge is 2.21. The standard InChI is InChI=1S/C13H15N/c1-3-9-14-10-8-12-6-4-5-7-13(12)11(14)2/h1,4-7,11H,8-10H2,2H3. The van der Waals surface area contributed by atoms with E-state index in [0.717, 1.165) is 19.5 Å². The molecule has 14 heavy (non-hydrogen) atoms. The topological polar surface area (TPSA) is 3.24 Å². The third-order valence-electron chi connectivity index (χ3n) is 3.02. The lowest BCUT2D eigenvalue weighted by Gasteiger charge is -2.33. The molecular formula is C13H15N. The van der Waals surface area contributed by atoms with E-state index in [0.29, 0.717) is 6.04 Å². The zero-order chi connectivity index (χ0) is 9.97. The van der Waals surface area contributed by atoms with Crippen molar-refractivity contribution in [2.75, 3.05) is 13.1 Å². The number of hydrogen-bond donors (Lipinski definition) is 0. The van der Waals surface area contributed by atoms with E-state index >= 15 is 0 Å². The van der Waals surface area contributed by atoms with Gasteiger partial charge in [-0.3, -0.25) is 4.90 Å². The fraction of sp³-hybridized carbons (Fsp3) is 0.385. The smallest absolute Gasteiger partial charge is 0.0604 e. The molecule has 0 aromatic heterocycles. The van der Waals surface area contributed by atoms with E-state index in [2.05, 4.69) is 42.0 Å². The van der Waals surface area contributed by atoms with Gasteiger partial charge in [-0.1, -0.05) is 30.2 Å². The zero-order valence-corrected chi connectivity index (χ0v) is 8.53. The van der Waals surface area contributed by atoms with Crippen LogP contribution in [0, 0.1) is 12.3 Å². The minimum absolute atomic E-state index is 0.469. The molecule has 0 bridgehead atoms. The average Bonchev–Trinajstić information content (AvgIpc) is 2.23. The number of hydrogen-bond acceptors (Lipinski definition) is 1. The SMILES string of the molecule is C#CCN1CCc2ccccc2C1C. The normalized spacial score (nSPS) is 21.3. The second kappa shape index (κ2) is 3.86. The predicted molar refractivity (Wildman–Crippen MR) is 59.0 cm³/mol. The number of fused-ring (bicyclic) bond motifs is 1. The molecule has 1 atom stereocenters. The molecular weight excluding hydrogens is 170 g/mol. The van der Waals surface area contributed by atoms with Crippen LogP contribution < -0.4 is 0 Å². The highest BCUT2D eigenvalue weighted by Crippen LogP contribution is 2.28. The predicted octanol–water partition coefficient (Wildman–Crippen LogP) is 2.24.